The number of nitrogens with two attached hydrogens (primary N) is 1. The van der Waals surface area contributed by atoms with Gasteiger partial charge >= 0.3 is 5.69 Å². The highest BCUT2D eigenvalue weighted by Gasteiger charge is 2.17. The van der Waals surface area contributed by atoms with E-state index in [-0.39, 0.29) is 17.2 Å². The van der Waals surface area contributed by atoms with E-state index in [0.717, 1.165) is 12.1 Å². The summed E-state index contributed by atoms with van der Waals surface area (Å²) >= 11 is 0. The minimum atomic E-state index is -0.843. The Balaban J connectivity index is 0.000000204. The number of hydrogen-bond acceptors (Lipinski definition) is 7. The molecule has 0 amide bonds. The number of nitrogen functional groups attached to an aromatic ring is 1. The third kappa shape index (κ3) is 3.42. The fraction of sp³-hybridized carbons (Fsp3) is 0. The highest BCUT2D eigenvalue weighted by molar-refractivity contribution is 5.60. The number of phenolic OH excluding ortho intramolecular Hbond substituents is 4. The summed E-state index contributed by atoms with van der Waals surface area (Å²) in [5.41, 5.74) is 4.55. The van der Waals surface area contributed by atoms with Gasteiger partial charge in [-0.3, -0.25) is 10.1 Å². The molecular formula is C12H12N2O6. The van der Waals surface area contributed by atoms with Gasteiger partial charge in [-0.15, -0.1) is 0 Å². The molecule has 8 nitrogen and oxygen atoms in total. The molecule has 0 aliphatic carbocycles. The third-order valence-corrected chi connectivity index (χ3v) is 2.24. The van der Waals surface area contributed by atoms with E-state index < -0.39 is 22.1 Å². The van der Waals surface area contributed by atoms with Crippen molar-refractivity contribution in [1.29, 1.82) is 0 Å². The third-order valence-electron chi connectivity index (χ3n) is 2.24. The number of hydrogen-bond donors (Lipinski definition) is 5. The van der Waals surface area contributed by atoms with Crippen LogP contribution in [0.2, 0.25) is 0 Å². The lowest BCUT2D eigenvalue weighted by Crippen LogP contribution is -1.88. The Morgan fingerprint density at radius 3 is 1.45 bits per heavy atom. The first kappa shape index (κ1) is 14.9. The maximum Gasteiger partial charge on any atom is 0.351 e. The van der Waals surface area contributed by atoms with Crippen LogP contribution in [0.5, 0.6) is 23.0 Å². The van der Waals surface area contributed by atoms with Crippen molar-refractivity contribution in [2.45, 2.75) is 0 Å². The minimum absolute atomic E-state index is 0.0255. The van der Waals surface area contributed by atoms with Gasteiger partial charge in [-0.2, -0.15) is 0 Å². The van der Waals surface area contributed by atoms with Crippen LogP contribution in [0.4, 0.5) is 11.4 Å². The molecule has 0 saturated heterocycles. The van der Waals surface area contributed by atoms with Crippen LogP contribution in [0.3, 0.4) is 0 Å². The Bertz CT molecular complexity index is 589. The fourth-order valence-electron chi connectivity index (χ4n) is 1.25. The van der Waals surface area contributed by atoms with Crippen LogP contribution in [-0.2, 0) is 0 Å². The summed E-state index contributed by atoms with van der Waals surface area (Å²) in [5, 5.41) is 45.5. The van der Waals surface area contributed by atoms with Gasteiger partial charge < -0.3 is 26.2 Å². The van der Waals surface area contributed by atoms with Gasteiger partial charge in [-0.25, -0.2) is 0 Å². The number of nitro benzene ring substituents is 1. The van der Waals surface area contributed by atoms with Crippen molar-refractivity contribution in [3.05, 3.63) is 46.5 Å². The Labute approximate surface area is 113 Å². The lowest BCUT2D eigenvalue weighted by molar-refractivity contribution is -0.386. The highest BCUT2D eigenvalue weighted by Crippen LogP contribution is 2.33. The molecule has 0 aliphatic rings. The van der Waals surface area contributed by atoms with Gasteiger partial charge in [0.05, 0.1) is 4.92 Å². The lowest BCUT2D eigenvalue weighted by Gasteiger charge is -1.98. The van der Waals surface area contributed by atoms with Crippen LogP contribution in [0.15, 0.2) is 36.4 Å². The topological polar surface area (TPSA) is 150 Å². The molecule has 0 unspecified atom stereocenters. The van der Waals surface area contributed by atoms with E-state index in [1.54, 1.807) is 0 Å². The van der Waals surface area contributed by atoms with Crippen molar-refractivity contribution in [3.63, 3.8) is 0 Å². The van der Waals surface area contributed by atoms with Crippen molar-refractivity contribution in [1.82, 2.24) is 0 Å². The first-order valence-electron chi connectivity index (χ1n) is 5.26. The number of nitrogens with zero attached hydrogens (tertiary/aromatic N) is 1. The molecule has 0 spiro atoms. The molecule has 6 N–H and O–H groups in total. The second kappa shape index (κ2) is 6.14. The van der Waals surface area contributed by atoms with Gasteiger partial charge in [0.25, 0.3) is 0 Å². The number of nitro groups is 1. The molecule has 2 aromatic carbocycles. The van der Waals surface area contributed by atoms with Crippen LogP contribution < -0.4 is 5.73 Å². The zero-order chi connectivity index (χ0) is 15.3. The average Bonchev–Trinajstić information content (AvgIpc) is 2.36. The summed E-state index contributed by atoms with van der Waals surface area (Å²) in [6.45, 7) is 0. The summed E-state index contributed by atoms with van der Waals surface area (Å²) in [6.07, 6.45) is 0. The molecule has 8 heteroatoms. The van der Waals surface area contributed by atoms with Gasteiger partial charge in [0.15, 0.2) is 11.5 Å². The van der Waals surface area contributed by atoms with Crippen molar-refractivity contribution in [2.75, 3.05) is 5.73 Å². The Hall–Kier alpha value is -3.16. The summed E-state index contributed by atoms with van der Waals surface area (Å²) in [7, 11) is 0. The minimum Gasteiger partial charge on any atom is -0.506 e. The van der Waals surface area contributed by atoms with Gasteiger partial charge in [0.2, 0.25) is 0 Å². The summed E-state index contributed by atoms with van der Waals surface area (Å²) in [6, 6.07) is 7.93. The van der Waals surface area contributed by atoms with Gasteiger partial charge in [0.1, 0.15) is 17.2 Å². The average molecular weight is 280 g/mol. The zero-order valence-electron chi connectivity index (χ0n) is 10.1. The molecule has 2 aromatic rings. The molecule has 0 saturated carbocycles. The van der Waals surface area contributed by atoms with E-state index in [1.165, 1.54) is 24.3 Å². The van der Waals surface area contributed by atoms with Crippen LogP contribution in [0.25, 0.3) is 0 Å². The van der Waals surface area contributed by atoms with E-state index in [1.807, 2.05) is 0 Å². The van der Waals surface area contributed by atoms with E-state index in [0.29, 0.717) is 0 Å². The summed E-state index contributed by atoms with van der Waals surface area (Å²) < 4.78 is 0. The van der Waals surface area contributed by atoms with Crippen LogP contribution >= 0.6 is 0 Å². The molecule has 20 heavy (non-hydrogen) atoms. The maximum absolute atomic E-state index is 10.1. The van der Waals surface area contributed by atoms with Crippen LogP contribution in [-0.4, -0.2) is 25.3 Å². The van der Waals surface area contributed by atoms with Crippen molar-refractivity contribution in [2.24, 2.45) is 0 Å². The molecule has 2 rings (SSSR count). The Morgan fingerprint density at radius 1 is 0.850 bits per heavy atom. The molecular weight excluding hydrogens is 268 g/mol. The molecule has 0 aliphatic heterocycles. The lowest BCUT2D eigenvalue weighted by atomic mass is 10.3. The van der Waals surface area contributed by atoms with Crippen molar-refractivity contribution >= 4 is 11.4 Å². The molecule has 0 bridgehead atoms. The summed E-state index contributed by atoms with van der Waals surface area (Å²) in [4.78, 5) is 9.29. The number of aromatic hydroxyl groups is 4. The Kier molecular flexibility index (Phi) is 4.57. The predicted octanol–water partition coefficient (Wildman–Crippen LogP) is 1.69. The molecule has 106 valence electrons. The standard InChI is InChI=1S/C6H5NO4.C6H7NO2/c8-4-2-1-3-5(9)6(4)7(10)11;7-6-4(8)2-1-3-5(6)9/h1-3,8-9H;1-3,8-9H,7H2. The first-order chi connectivity index (χ1) is 9.34. The van der Waals surface area contributed by atoms with Crippen LogP contribution in [0.1, 0.15) is 0 Å². The van der Waals surface area contributed by atoms with E-state index in [4.69, 9.17) is 26.2 Å². The maximum atomic E-state index is 10.1. The number of benzene rings is 2. The molecule has 0 atom stereocenters. The van der Waals surface area contributed by atoms with Gasteiger partial charge in [0, 0.05) is 0 Å². The largest absolute Gasteiger partial charge is 0.506 e. The predicted molar refractivity (Wildman–Crippen MR) is 70.6 cm³/mol. The van der Waals surface area contributed by atoms with Crippen molar-refractivity contribution in [3.8, 4) is 23.0 Å². The number of anilines is 1. The fourth-order valence-corrected chi connectivity index (χ4v) is 1.25. The second-order valence-corrected chi connectivity index (χ2v) is 3.61. The monoisotopic (exact) mass is 280 g/mol. The Morgan fingerprint density at radius 2 is 1.20 bits per heavy atom. The smallest absolute Gasteiger partial charge is 0.351 e. The van der Waals surface area contributed by atoms with E-state index in [9.17, 15) is 10.1 Å². The first-order valence-corrected chi connectivity index (χ1v) is 5.26. The molecule has 0 aromatic heterocycles. The zero-order valence-corrected chi connectivity index (χ0v) is 10.1. The molecule has 0 fully saturated rings. The van der Waals surface area contributed by atoms with Gasteiger partial charge in [-0.1, -0.05) is 12.1 Å². The normalized spacial score (nSPS) is 9.40. The van der Waals surface area contributed by atoms with Crippen LogP contribution in [0, 0.1) is 10.1 Å². The summed E-state index contributed by atoms with van der Waals surface area (Å²) in [5.74, 6) is -1.24. The number of phenols is 4. The quantitative estimate of drug-likeness (QED) is 0.231. The number of rotatable bonds is 1. The van der Waals surface area contributed by atoms with E-state index in [2.05, 4.69) is 0 Å². The van der Waals surface area contributed by atoms with Gasteiger partial charge in [-0.05, 0) is 24.3 Å². The molecule has 0 radical (unpaired) electrons. The molecule has 0 heterocycles. The SMILES string of the molecule is Nc1c(O)cccc1O.O=[N+]([O-])c1c(O)cccc1O. The number of para-hydroxylation sites is 2. The second-order valence-electron chi connectivity index (χ2n) is 3.61. The van der Waals surface area contributed by atoms with Crippen molar-refractivity contribution < 1.29 is 25.3 Å². The highest BCUT2D eigenvalue weighted by atomic mass is 16.6. The van der Waals surface area contributed by atoms with E-state index >= 15 is 0 Å².